The van der Waals surface area contributed by atoms with Gasteiger partial charge in [0.15, 0.2) is 6.10 Å². The van der Waals surface area contributed by atoms with Crippen molar-refractivity contribution in [2.45, 2.75) is 25.2 Å². The Labute approximate surface area is 75.4 Å². The largest absolute Gasteiger partial charge is 0.455 e. The molecular weight excluding hydrogens is 180 g/mol. The van der Waals surface area contributed by atoms with Gasteiger partial charge < -0.3 is 25.2 Å². The predicted octanol–water partition coefficient (Wildman–Crippen LogP) is -2.38. The maximum Gasteiger partial charge on any atom is 0.335 e. The Kier molecular flexibility index (Phi) is 5.56. The lowest BCUT2D eigenvalue weighted by Crippen LogP contribution is -2.39. The lowest BCUT2D eigenvalue weighted by atomic mass is 10.2. The van der Waals surface area contributed by atoms with Crippen LogP contribution in [0.3, 0.4) is 0 Å². The highest BCUT2D eigenvalue weighted by Gasteiger charge is 2.23. The molecule has 0 spiro atoms. The summed E-state index contributed by atoms with van der Waals surface area (Å²) in [6.07, 6.45) is -3.86. The van der Waals surface area contributed by atoms with Crippen molar-refractivity contribution in [3.05, 3.63) is 0 Å². The SMILES string of the molecule is CC(O)C(=O)OC(CO)C(O)CO. The Morgan fingerprint density at radius 1 is 1.31 bits per heavy atom. The molecule has 0 aromatic rings. The van der Waals surface area contributed by atoms with E-state index in [1.54, 1.807) is 0 Å². The highest BCUT2D eigenvalue weighted by atomic mass is 16.6. The van der Waals surface area contributed by atoms with Crippen LogP contribution < -0.4 is 0 Å². The zero-order valence-electron chi connectivity index (χ0n) is 7.25. The van der Waals surface area contributed by atoms with Crippen molar-refractivity contribution in [2.75, 3.05) is 13.2 Å². The molecule has 3 unspecified atom stereocenters. The third kappa shape index (κ3) is 4.18. The standard InChI is InChI=1S/C7H14O6/c1-4(10)7(12)13-6(3-9)5(11)2-8/h4-6,8-11H,2-3H2,1H3. The molecule has 0 aliphatic heterocycles. The van der Waals surface area contributed by atoms with E-state index in [9.17, 15) is 4.79 Å². The van der Waals surface area contributed by atoms with Gasteiger partial charge in [-0.15, -0.1) is 0 Å². The molecule has 0 aromatic heterocycles. The molecule has 0 aromatic carbocycles. The van der Waals surface area contributed by atoms with Gasteiger partial charge in [-0.3, -0.25) is 0 Å². The van der Waals surface area contributed by atoms with Gasteiger partial charge in [0.2, 0.25) is 0 Å². The molecule has 13 heavy (non-hydrogen) atoms. The van der Waals surface area contributed by atoms with Crippen LogP contribution in [0, 0.1) is 0 Å². The monoisotopic (exact) mass is 194 g/mol. The number of hydrogen-bond donors (Lipinski definition) is 4. The van der Waals surface area contributed by atoms with Gasteiger partial charge in [0, 0.05) is 0 Å². The number of hydrogen-bond acceptors (Lipinski definition) is 6. The van der Waals surface area contributed by atoms with Gasteiger partial charge >= 0.3 is 5.97 Å². The van der Waals surface area contributed by atoms with Gasteiger partial charge in [-0.1, -0.05) is 0 Å². The molecule has 0 bridgehead atoms. The summed E-state index contributed by atoms with van der Waals surface area (Å²) in [5.41, 5.74) is 0. The molecule has 0 rings (SSSR count). The van der Waals surface area contributed by atoms with Crippen LogP contribution in [0.25, 0.3) is 0 Å². The summed E-state index contributed by atoms with van der Waals surface area (Å²) in [6.45, 7) is -0.0411. The van der Waals surface area contributed by atoms with Crippen molar-refractivity contribution < 1.29 is 30.0 Å². The Hall–Kier alpha value is -0.690. The molecule has 0 aliphatic carbocycles. The molecule has 0 heterocycles. The summed E-state index contributed by atoms with van der Waals surface area (Å²) in [7, 11) is 0. The van der Waals surface area contributed by atoms with E-state index in [2.05, 4.69) is 4.74 Å². The van der Waals surface area contributed by atoms with Crippen LogP contribution in [0.15, 0.2) is 0 Å². The number of ether oxygens (including phenoxy) is 1. The van der Waals surface area contributed by atoms with Crippen LogP contribution in [0.5, 0.6) is 0 Å². The molecule has 0 saturated carbocycles. The fraction of sp³-hybridized carbons (Fsp3) is 0.857. The van der Waals surface area contributed by atoms with Crippen molar-refractivity contribution in [1.82, 2.24) is 0 Å². The van der Waals surface area contributed by atoms with E-state index >= 15 is 0 Å². The Morgan fingerprint density at radius 2 is 1.85 bits per heavy atom. The molecule has 4 N–H and O–H groups in total. The first kappa shape index (κ1) is 12.3. The van der Waals surface area contributed by atoms with Gasteiger partial charge in [0.25, 0.3) is 0 Å². The van der Waals surface area contributed by atoms with Crippen LogP contribution in [-0.4, -0.2) is 57.9 Å². The smallest absolute Gasteiger partial charge is 0.335 e. The van der Waals surface area contributed by atoms with Crippen LogP contribution in [0.2, 0.25) is 0 Å². The molecule has 0 radical (unpaired) electrons. The maximum atomic E-state index is 10.8. The van der Waals surface area contributed by atoms with Crippen LogP contribution in [-0.2, 0) is 9.53 Å². The minimum absolute atomic E-state index is 0.611. The molecule has 3 atom stereocenters. The first-order valence-corrected chi connectivity index (χ1v) is 3.81. The van der Waals surface area contributed by atoms with E-state index in [0.717, 1.165) is 0 Å². The zero-order valence-corrected chi connectivity index (χ0v) is 7.25. The van der Waals surface area contributed by atoms with Crippen molar-refractivity contribution in [3.63, 3.8) is 0 Å². The van der Waals surface area contributed by atoms with Crippen LogP contribution in [0.4, 0.5) is 0 Å². The second-order valence-electron chi connectivity index (χ2n) is 2.58. The second kappa shape index (κ2) is 5.87. The predicted molar refractivity (Wildman–Crippen MR) is 41.7 cm³/mol. The first-order chi connectivity index (χ1) is 6.02. The minimum atomic E-state index is -1.34. The number of aliphatic hydroxyl groups is 4. The van der Waals surface area contributed by atoms with Crippen molar-refractivity contribution in [2.24, 2.45) is 0 Å². The zero-order chi connectivity index (χ0) is 10.4. The fourth-order valence-corrected chi connectivity index (χ4v) is 0.603. The maximum absolute atomic E-state index is 10.8. The van der Waals surface area contributed by atoms with Crippen molar-refractivity contribution in [3.8, 4) is 0 Å². The highest BCUT2D eigenvalue weighted by molar-refractivity contribution is 5.74. The van der Waals surface area contributed by atoms with Crippen molar-refractivity contribution >= 4 is 5.97 Å². The number of carbonyl (C=O) groups is 1. The minimum Gasteiger partial charge on any atom is -0.455 e. The number of carbonyl (C=O) groups excluding carboxylic acids is 1. The summed E-state index contributed by atoms with van der Waals surface area (Å²) in [6, 6.07) is 0. The van der Waals surface area contributed by atoms with E-state index in [0.29, 0.717) is 0 Å². The van der Waals surface area contributed by atoms with Crippen LogP contribution >= 0.6 is 0 Å². The molecule has 0 saturated heterocycles. The first-order valence-electron chi connectivity index (χ1n) is 3.81. The van der Waals surface area contributed by atoms with Gasteiger partial charge in [0.1, 0.15) is 12.2 Å². The molecular formula is C7H14O6. The normalized spacial score (nSPS) is 17.6. The van der Waals surface area contributed by atoms with Gasteiger partial charge in [-0.2, -0.15) is 0 Å². The topological polar surface area (TPSA) is 107 Å². The lowest BCUT2D eigenvalue weighted by molar-refractivity contribution is -0.168. The van der Waals surface area contributed by atoms with Gasteiger partial charge in [-0.05, 0) is 6.92 Å². The van der Waals surface area contributed by atoms with E-state index < -0.39 is 37.5 Å². The molecule has 0 amide bonds. The fourth-order valence-electron chi connectivity index (χ4n) is 0.603. The van der Waals surface area contributed by atoms with Gasteiger partial charge in [-0.25, -0.2) is 4.79 Å². The average molecular weight is 194 g/mol. The Balaban J connectivity index is 4.05. The lowest BCUT2D eigenvalue weighted by Gasteiger charge is -2.20. The molecule has 6 heteroatoms. The summed E-state index contributed by atoms with van der Waals surface area (Å²) in [5.74, 6) is -0.952. The summed E-state index contributed by atoms with van der Waals surface area (Å²) < 4.78 is 4.46. The van der Waals surface area contributed by atoms with E-state index in [-0.39, 0.29) is 0 Å². The van der Waals surface area contributed by atoms with Crippen LogP contribution in [0.1, 0.15) is 6.92 Å². The Morgan fingerprint density at radius 3 is 2.15 bits per heavy atom. The summed E-state index contributed by atoms with van der Waals surface area (Å²) >= 11 is 0. The Bertz CT molecular complexity index is 157. The highest BCUT2D eigenvalue weighted by Crippen LogP contribution is 2.00. The molecule has 0 aliphatic rings. The summed E-state index contributed by atoms with van der Waals surface area (Å²) in [4.78, 5) is 10.8. The molecule has 0 fully saturated rings. The van der Waals surface area contributed by atoms with Crippen molar-refractivity contribution in [1.29, 1.82) is 0 Å². The van der Waals surface area contributed by atoms with Gasteiger partial charge in [0.05, 0.1) is 13.2 Å². The van der Waals surface area contributed by atoms with E-state index in [1.807, 2.05) is 0 Å². The quantitative estimate of drug-likeness (QED) is 0.364. The second-order valence-corrected chi connectivity index (χ2v) is 2.58. The number of rotatable bonds is 5. The summed E-state index contributed by atoms with van der Waals surface area (Å²) in [5, 5.41) is 34.8. The molecule has 78 valence electrons. The third-order valence-corrected chi connectivity index (χ3v) is 1.40. The number of aliphatic hydroxyl groups excluding tert-OH is 4. The van der Waals surface area contributed by atoms with E-state index in [4.69, 9.17) is 20.4 Å². The third-order valence-electron chi connectivity index (χ3n) is 1.40. The molecule has 6 nitrogen and oxygen atoms in total. The van der Waals surface area contributed by atoms with E-state index in [1.165, 1.54) is 6.92 Å². The number of esters is 1. The average Bonchev–Trinajstić information content (AvgIpc) is 2.12.